The quantitative estimate of drug-likeness (QED) is 0.699. The fourth-order valence-electron chi connectivity index (χ4n) is 2.35. The third-order valence-corrected chi connectivity index (χ3v) is 3.24. The van der Waals surface area contributed by atoms with Crippen LogP contribution < -0.4 is 10.5 Å². The van der Waals surface area contributed by atoms with Gasteiger partial charge in [0.1, 0.15) is 5.75 Å². The summed E-state index contributed by atoms with van der Waals surface area (Å²) in [6, 6.07) is 12.8. The number of hydrogen-bond acceptors (Lipinski definition) is 4. The molecule has 0 aliphatic rings. The summed E-state index contributed by atoms with van der Waals surface area (Å²) in [5.74, 6) is 0.684. The number of pyridine rings is 1. The van der Waals surface area contributed by atoms with E-state index in [4.69, 9.17) is 10.5 Å². The van der Waals surface area contributed by atoms with Gasteiger partial charge in [0, 0.05) is 28.2 Å². The molecule has 0 amide bonds. The predicted octanol–water partition coefficient (Wildman–Crippen LogP) is 3.20. The minimum Gasteiger partial charge on any atom is -0.507 e. The monoisotopic (exact) mass is 266 g/mol. The number of methoxy groups -OCH3 is 1. The largest absolute Gasteiger partial charge is 0.507 e. The Hall–Kier alpha value is -2.75. The molecule has 4 nitrogen and oxygen atoms in total. The summed E-state index contributed by atoms with van der Waals surface area (Å²) in [4.78, 5) is 4.30. The van der Waals surface area contributed by atoms with Gasteiger partial charge in [-0.15, -0.1) is 0 Å². The first-order valence-corrected chi connectivity index (χ1v) is 6.21. The minimum absolute atomic E-state index is 0.195. The van der Waals surface area contributed by atoms with E-state index in [1.54, 1.807) is 25.4 Å². The summed E-state index contributed by atoms with van der Waals surface area (Å²) >= 11 is 0. The van der Waals surface area contributed by atoms with Crippen LogP contribution in [0.3, 0.4) is 0 Å². The predicted molar refractivity (Wildman–Crippen MR) is 79.8 cm³/mol. The number of phenolic OH excluding ortho intramolecular Hbond substituents is 1. The van der Waals surface area contributed by atoms with Crippen molar-refractivity contribution >= 4 is 16.5 Å². The topological polar surface area (TPSA) is 68.4 Å². The molecule has 0 fully saturated rings. The molecule has 3 rings (SSSR count). The first kappa shape index (κ1) is 12.3. The highest BCUT2D eigenvalue weighted by Gasteiger charge is 2.13. The number of ether oxygens (including phenoxy) is 1. The Morgan fingerprint density at radius 3 is 2.70 bits per heavy atom. The van der Waals surface area contributed by atoms with Crippen molar-refractivity contribution < 1.29 is 9.84 Å². The normalized spacial score (nSPS) is 10.7. The molecule has 20 heavy (non-hydrogen) atoms. The van der Waals surface area contributed by atoms with E-state index in [2.05, 4.69) is 4.98 Å². The third kappa shape index (κ3) is 1.91. The van der Waals surface area contributed by atoms with Gasteiger partial charge in [-0.25, -0.2) is 4.98 Å². The number of rotatable bonds is 2. The van der Waals surface area contributed by atoms with Crippen molar-refractivity contribution in [2.45, 2.75) is 0 Å². The van der Waals surface area contributed by atoms with Gasteiger partial charge in [0.2, 0.25) is 5.88 Å². The van der Waals surface area contributed by atoms with E-state index >= 15 is 0 Å². The Morgan fingerprint density at radius 1 is 1.15 bits per heavy atom. The SMILES string of the molecule is COc1ncc(-c2cccc(N)c2)c2c(O)cccc12. The molecule has 4 heteroatoms. The summed E-state index contributed by atoms with van der Waals surface area (Å²) in [6.45, 7) is 0. The van der Waals surface area contributed by atoms with Crippen LogP contribution in [0.1, 0.15) is 0 Å². The average molecular weight is 266 g/mol. The molecular weight excluding hydrogens is 252 g/mol. The molecule has 0 unspecified atom stereocenters. The summed E-state index contributed by atoms with van der Waals surface area (Å²) < 4.78 is 5.25. The molecule has 0 radical (unpaired) electrons. The first-order chi connectivity index (χ1) is 9.70. The second-order valence-electron chi connectivity index (χ2n) is 4.51. The van der Waals surface area contributed by atoms with Gasteiger partial charge in [-0.05, 0) is 29.8 Å². The van der Waals surface area contributed by atoms with E-state index in [1.165, 1.54) is 0 Å². The van der Waals surface area contributed by atoms with Gasteiger partial charge in [-0.2, -0.15) is 0 Å². The van der Waals surface area contributed by atoms with Crippen molar-refractivity contribution in [3.05, 3.63) is 48.7 Å². The molecule has 0 aliphatic heterocycles. The number of hydrogen-bond donors (Lipinski definition) is 2. The lowest BCUT2D eigenvalue weighted by Crippen LogP contribution is -1.92. The van der Waals surface area contributed by atoms with Gasteiger partial charge in [0.05, 0.1) is 7.11 Å². The molecule has 0 atom stereocenters. The third-order valence-electron chi connectivity index (χ3n) is 3.24. The molecule has 2 aromatic carbocycles. The maximum Gasteiger partial charge on any atom is 0.221 e. The van der Waals surface area contributed by atoms with Crippen LogP contribution in [-0.2, 0) is 0 Å². The van der Waals surface area contributed by atoms with Gasteiger partial charge in [-0.3, -0.25) is 0 Å². The Bertz CT molecular complexity index is 785. The van der Waals surface area contributed by atoms with Crippen LogP contribution in [0.2, 0.25) is 0 Å². The van der Waals surface area contributed by atoms with E-state index < -0.39 is 0 Å². The Kier molecular flexibility index (Phi) is 2.91. The van der Waals surface area contributed by atoms with E-state index in [0.29, 0.717) is 17.0 Å². The number of phenols is 1. The number of nitrogen functional groups attached to an aromatic ring is 1. The van der Waals surface area contributed by atoms with Gasteiger partial charge >= 0.3 is 0 Å². The highest BCUT2D eigenvalue weighted by Crippen LogP contribution is 2.38. The Morgan fingerprint density at radius 2 is 1.95 bits per heavy atom. The molecule has 100 valence electrons. The van der Waals surface area contributed by atoms with E-state index in [0.717, 1.165) is 16.5 Å². The maximum absolute atomic E-state index is 10.2. The van der Waals surface area contributed by atoms with Crippen molar-refractivity contribution in [1.82, 2.24) is 4.98 Å². The summed E-state index contributed by atoms with van der Waals surface area (Å²) in [6.07, 6.45) is 1.69. The first-order valence-electron chi connectivity index (χ1n) is 6.21. The van der Waals surface area contributed by atoms with Crippen molar-refractivity contribution in [2.24, 2.45) is 0 Å². The fraction of sp³-hybridized carbons (Fsp3) is 0.0625. The Labute approximate surface area is 116 Å². The number of nitrogens with two attached hydrogens (primary N) is 1. The molecule has 1 heterocycles. The summed E-state index contributed by atoms with van der Waals surface area (Å²) in [5, 5.41) is 11.7. The van der Waals surface area contributed by atoms with Crippen LogP contribution >= 0.6 is 0 Å². The fourth-order valence-corrected chi connectivity index (χ4v) is 2.35. The highest BCUT2D eigenvalue weighted by molar-refractivity contribution is 6.02. The smallest absolute Gasteiger partial charge is 0.221 e. The second-order valence-corrected chi connectivity index (χ2v) is 4.51. The maximum atomic E-state index is 10.2. The number of aromatic hydroxyl groups is 1. The Balaban J connectivity index is 2.37. The van der Waals surface area contributed by atoms with Crippen molar-refractivity contribution in [1.29, 1.82) is 0 Å². The van der Waals surface area contributed by atoms with Gasteiger partial charge < -0.3 is 15.6 Å². The molecule has 0 saturated heterocycles. The lowest BCUT2D eigenvalue weighted by molar-refractivity contribution is 0.403. The number of nitrogens with zero attached hydrogens (tertiary/aromatic N) is 1. The molecule has 3 N–H and O–H groups in total. The zero-order valence-corrected chi connectivity index (χ0v) is 11.0. The number of fused-ring (bicyclic) bond motifs is 1. The standard InChI is InChI=1S/C16H14N2O2/c1-20-16-12-6-3-7-14(19)15(12)13(9-18-16)10-4-2-5-11(17)8-10/h2-9,19H,17H2,1H3. The van der Waals surface area contributed by atoms with Gasteiger partial charge in [-0.1, -0.05) is 18.2 Å². The minimum atomic E-state index is 0.195. The van der Waals surface area contributed by atoms with Crippen LogP contribution in [0.4, 0.5) is 5.69 Å². The molecule has 0 aliphatic carbocycles. The number of benzene rings is 2. The van der Waals surface area contributed by atoms with Crippen LogP contribution in [0.15, 0.2) is 48.7 Å². The molecule has 3 aromatic rings. The number of anilines is 1. The van der Waals surface area contributed by atoms with Crippen LogP contribution in [-0.4, -0.2) is 17.2 Å². The van der Waals surface area contributed by atoms with Crippen molar-refractivity contribution in [3.63, 3.8) is 0 Å². The van der Waals surface area contributed by atoms with Crippen LogP contribution in [0.5, 0.6) is 11.6 Å². The van der Waals surface area contributed by atoms with Gasteiger partial charge in [0.25, 0.3) is 0 Å². The van der Waals surface area contributed by atoms with Crippen molar-refractivity contribution in [3.8, 4) is 22.8 Å². The molecular formula is C16H14N2O2. The zero-order valence-electron chi connectivity index (χ0n) is 11.0. The molecule has 0 spiro atoms. The molecule has 1 aromatic heterocycles. The lowest BCUT2D eigenvalue weighted by atomic mass is 9.99. The van der Waals surface area contributed by atoms with E-state index in [1.807, 2.05) is 30.3 Å². The average Bonchev–Trinajstić information content (AvgIpc) is 2.46. The van der Waals surface area contributed by atoms with E-state index in [9.17, 15) is 5.11 Å². The van der Waals surface area contributed by atoms with Crippen LogP contribution in [0, 0.1) is 0 Å². The molecule has 0 bridgehead atoms. The lowest BCUT2D eigenvalue weighted by Gasteiger charge is -2.11. The van der Waals surface area contributed by atoms with Crippen LogP contribution in [0.25, 0.3) is 21.9 Å². The second kappa shape index (κ2) is 4.74. The van der Waals surface area contributed by atoms with Gasteiger partial charge in [0.15, 0.2) is 0 Å². The van der Waals surface area contributed by atoms with E-state index in [-0.39, 0.29) is 5.75 Å². The molecule has 0 saturated carbocycles. The number of aromatic nitrogens is 1. The zero-order chi connectivity index (χ0) is 14.1. The summed E-state index contributed by atoms with van der Waals surface area (Å²) in [7, 11) is 1.56. The highest BCUT2D eigenvalue weighted by atomic mass is 16.5. The van der Waals surface area contributed by atoms with Crippen molar-refractivity contribution in [2.75, 3.05) is 12.8 Å². The summed E-state index contributed by atoms with van der Waals surface area (Å²) in [5.41, 5.74) is 8.23.